The Kier molecular flexibility index (Phi) is 5.69. The van der Waals surface area contributed by atoms with Crippen molar-refractivity contribution < 1.29 is 4.39 Å². The zero-order valence-corrected chi connectivity index (χ0v) is 13.5. The van der Waals surface area contributed by atoms with Crippen molar-refractivity contribution in [3.05, 3.63) is 29.6 Å². The zero-order valence-electron chi connectivity index (χ0n) is 11.8. The predicted octanol–water partition coefficient (Wildman–Crippen LogP) is 2.74. The van der Waals surface area contributed by atoms with Crippen LogP contribution in [0.25, 0.3) is 0 Å². The summed E-state index contributed by atoms with van der Waals surface area (Å²) in [6.45, 7) is 1.71. The van der Waals surface area contributed by atoms with Gasteiger partial charge in [-0.15, -0.1) is 0 Å². The smallest absolute Gasteiger partial charge is 0.189 e. The van der Waals surface area contributed by atoms with E-state index >= 15 is 0 Å². The minimum Gasteiger partial charge on any atom is -0.359 e. The largest absolute Gasteiger partial charge is 0.359 e. The molecule has 1 aromatic rings. The third-order valence-electron chi connectivity index (χ3n) is 3.41. The SMILES string of the molecule is Cc1ccc(NC(=S)NNC(=S)NC2CCCC2)cc1F. The molecule has 0 spiro atoms. The summed E-state index contributed by atoms with van der Waals surface area (Å²) in [7, 11) is 0. The first-order chi connectivity index (χ1) is 10.0. The Morgan fingerprint density at radius 2 is 1.81 bits per heavy atom. The summed E-state index contributed by atoms with van der Waals surface area (Å²) in [5.41, 5.74) is 6.80. The molecule has 114 valence electrons. The molecule has 4 nitrogen and oxygen atoms in total. The van der Waals surface area contributed by atoms with Gasteiger partial charge in [0.1, 0.15) is 5.82 Å². The standard InChI is InChI=1S/C14H19FN4S2/c1-9-6-7-11(8-12(9)15)17-14(21)19-18-13(20)16-10-4-2-3-5-10/h6-8,10H,2-5H2,1H3,(H2,16,18,20)(H2,17,19,21). The average Bonchev–Trinajstić information content (AvgIpc) is 2.93. The van der Waals surface area contributed by atoms with E-state index in [1.165, 1.54) is 18.9 Å². The maximum absolute atomic E-state index is 13.4. The Morgan fingerprint density at radius 1 is 1.14 bits per heavy atom. The quantitative estimate of drug-likeness (QED) is 0.495. The highest BCUT2D eigenvalue weighted by Crippen LogP contribution is 2.17. The number of hydrazine groups is 1. The molecular weight excluding hydrogens is 307 g/mol. The van der Waals surface area contributed by atoms with Crippen LogP contribution >= 0.6 is 24.4 Å². The molecule has 0 unspecified atom stereocenters. The van der Waals surface area contributed by atoms with Crippen molar-refractivity contribution in [3.8, 4) is 0 Å². The molecule has 0 bridgehead atoms. The normalized spacial score (nSPS) is 14.6. The van der Waals surface area contributed by atoms with E-state index in [2.05, 4.69) is 21.5 Å². The van der Waals surface area contributed by atoms with E-state index in [1.807, 2.05) is 0 Å². The fourth-order valence-electron chi connectivity index (χ4n) is 2.24. The van der Waals surface area contributed by atoms with Crippen LogP contribution in [0.5, 0.6) is 0 Å². The number of aryl methyl sites for hydroxylation is 1. The molecule has 7 heteroatoms. The summed E-state index contributed by atoms with van der Waals surface area (Å²) in [4.78, 5) is 0. The van der Waals surface area contributed by atoms with Crippen molar-refractivity contribution in [3.63, 3.8) is 0 Å². The third-order valence-corrected chi connectivity index (χ3v) is 3.83. The van der Waals surface area contributed by atoms with Crippen LogP contribution in [0.1, 0.15) is 31.2 Å². The molecule has 4 N–H and O–H groups in total. The monoisotopic (exact) mass is 326 g/mol. The van der Waals surface area contributed by atoms with Crippen LogP contribution in [0.3, 0.4) is 0 Å². The summed E-state index contributed by atoms with van der Waals surface area (Å²) < 4.78 is 13.4. The second-order valence-electron chi connectivity index (χ2n) is 5.12. The summed E-state index contributed by atoms with van der Waals surface area (Å²) in [6, 6.07) is 5.31. The van der Waals surface area contributed by atoms with E-state index < -0.39 is 0 Å². The minimum atomic E-state index is -0.269. The van der Waals surface area contributed by atoms with Crippen LogP contribution < -0.4 is 21.5 Å². The van der Waals surface area contributed by atoms with Crippen molar-refractivity contribution in [1.82, 2.24) is 16.2 Å². The topological polar surface area (TPSA) is 48.1 Å². The lowest BCUT2D eigenvalue weighted by atomic mass is 10.2. The van der Waals surface area contributed by atoms with Gasteiger partial charge in [-0.2, -0.15) is 0 Å². The van der Waals surface area contributed by atoms with Crippen LogP contribution in [0.15, 0.2) is 18.2 Å². The minimum absolute atomic E-state index is 0.269. The van der Waals surface area contributed by atoms with E-state index in [0.29, 0.717) is 27.5 Å². The van der Waals surface area contributed by atoms with Gasteiger partial charge in [0.2, 0.25) is 0 Å². The van der Waals surface area contributed by atoms with Crippen molar-refractivity contribution in [2.45, 2.75) is 38.6 Å². The first-order valence-electron chi connectivity index (χ1n) is 6.94. The van der Waals surface area contributed by atoms with Crippen molar-refractivity contribution >= 4 is 40.3 Å². The molecule has 0 aromatic heterocycles. The lowest BCUT2D eigenvalue weighted by Crippen LogP contribution is -2.50. The Hall–Kier alpha value is -1.47. The van der Waals surface area contributed by atoms with Crippen LogP contribution in [0.2, 0.25) is 0 Å². The van der Waals surface area contributed by atoms with Gasteiger partial charge in [0, 0.05) is 11.7 Å². The van der Waals surface area contributed by atoms with E-state index in [4.69, 9.17) is 24.4 Å². The lowest BCUT2D eigenvalue weighted by molar-refractivity contribution is 0.617. The fraction of sp³-hybridized carbons (Fsp3) is 0.429. The number of benzene rings is 1. The van der Waals surface area contributed by atoms with Crippen LogP contribution in [0, 0.1) is 12.7 Å². The average molecular weight is 326 g/mol. The maximum atomic E-state index is 13.4. The first kappa shape index (κ1) is 15.9. The Bertz CT molecular complexity index is 530. The molecule has 0 atom stereocenters. The zero-order chi connectivity index (χ0) is 15.2. The van der Waals surface area contributed by atoms with Gasteiger partial charge in [-0.1, -0.05) is 18.9 Å². The molecule has 21 heavy (non-hydrogen) atoms. The third kappa shape index (κ3) is 5.09. The van der Waals surface area contributed by atoms with E-state index in [9.17, 15) is 4.39 Å². The number of nitrogens with one attached hydrogen (secondary N) is 4. The predicted molar refractivity (Wildman–Crippen MR) is 91.6 cm³/mol. The van der Waals surface area contributed by atoms with Crippen LogP contribution in [-0.4, -0.2) is 16.3 Å². The molecule has 1 aliphatic rings. The number of anilines is 1. The van der Waals surface area contributed by atoms with Gasteiger partial charge in [-0.05, 0) is 61.9 Å². The van der Waals surface area contributed by atoms with Gasteiger partial charge < -0.3 is 10.6 Å². The van der Waals surface area contributed by atoms with Crippen LogP contribution in [0.4, 0.5) is 10.1 Å². The second kappa shape index (κ2) is 7.51. The Morgan fingerprint density at radius 3 is 2.48 bits per heavy atom. The number of halogens is 1. The molecule has 0 heterocycles. The molecule has 0 radical (unpaired) electrons. The van der Waals surface area contributed by atoms with Gasteiger partial charge in [-0.25, -0.2) is 4.39 Å². The van der Waals surface area contributed by atoms with Crippen molar-refractivity contribution in [1.29, 1.82) is 0 Å². The highest BCUT2D eigenvalue weighted by molar-refractivity contribution is 7.80. The van der Waals surface area contributed by atoms with Gasteiger partial charge in [0.25, 0.3) is 0 Å². The molecule has 1 aliphatic carbocycles. The van der Waals surface area contributed by atoms with Crippen molar-refractivity contribution in [2.24, 2.45) is 0 Å². The molecule has 0 saturated heterocycles. The molecule has 0 amide bonds. The van der Waals surface area contributed by atoms with Gasteiger partial charge in [0.15, 0.2) is 10.2 Å². The number of hydrogen-bond acceptors (Lipinski definition) is 2. The van der Waals surface area contributed by atoms with Gasteiger partial charge >= 0.3 is 0 Å². The van der Waals surface area contributed by atoms with E-state index in [0.717, 1.165) is 12.8 Å². The number of hydrogen-bond donors (Lipinski definition) is 4. The molecule has 0 aliphatic heterocycles. The summed E-state index contributed by atoms with van der Waals surface area (Å²) >= 11 is 10.3. The van der Waals surface area contributed by atoms with Crippen molar-refractivity contribution in [2.75, 3.05) is 5.32 Å². The van der Waals surface area contributed by atoms with E-state index in [-0.39, 0.29) is 5.82 Å². The number of rotatable bonds is 2. The Balaban J connectivity index is 1.73. The summed E-state index contributed by atoms with van der Waals surface area (Å²) in [6.07, 6.45) is 4.78. The number of thiocarbonyl (C=S) groups is 2. The highest BCUT2D eigenvalue weighted by Gasteiger charge is 2.15. The maximum Gasteiger partial charge on any atom is 0.189 e. The molecule has 1 saturated carbocycles. The molecule has 1 fully saturated rings. The molecule has 1 aromatic carbocycles. The Labute approximate surface area is 134 Å². The fourth-order valence-corrected chi connectivity index (χ4v) is 2.62. The van der Waals surface area contributed by atoms with Gasteiger partial charge in [0.05, 0.1) is 0 Å². The summed E-state index contributed by atoms with van der Waals surface area (Å²) in [5, 5.41) is 6.96. The second-order valence-corrected chi connectivity index (χ2v) is 5.94. The first-order valence-corrected chi connectivity index (χ1v) is 7.76. The van der Waals surface area contributed by atoms with Gasteiger partial charge in [-0.3, -0.25) is 10.9 Å². The molecular formula is C14H19FN4S2. The highest BCUT2D eigenvalue weighted by atomic mass is 32.1. The molecule has 2 rings (SSSR count). The lowest BCUT2D eigenvalue weighted by Gasteiger charge is -2.17. The summed E-state index contributed by atoms with van der Waals surface area (Å²) in [5.74, 6) is -0.269. The van der Waals surface area contributed by atoms with E-state index in [1.54, 1.807) is 19.1 Å². The van der Waals surface area contributed by atoms with Crippen LogP contribution in [-0.2, 0) is 0 Å².